The molecule has 316 valence electrons. The average Bonchev–Trinajstić information content (AvgIpc) is 3.38. The fourth-order valence-corrected chi connectivity index (χ4v) is 8.67. The third-order valence-corrected chi connectivity index (χ3v) is 12.2. The first-order valence-electron chi connectivity index (χ1n) is 22.6. The zero-order valence-electron chi connectivity index (χ0n) is 37.3. The van der Waals surface area contributed by atoms with Crippen LogP contribution in [0.1, 0.15) is 22.3 Å². The predicted octanol–water partition coefficient (Wildman–Crippen LogP) is 18.1. The maximum atomic E-state index is 2.33. The number of hydrogen-bond acceptors (Lipinski definition) is 2. The molecule has 66 heavy (non-hydrogen) atoms. The van der Waals surface area contributed by atoms with Crippen molar-refractivity contribution < 1.29 is 0 Å². The fraction of sp³-hybridized carbons (Fsp3) is 0.0312. The fourth-order valence-electron chi connectivity index (χ4n) is 8.67. The molecular formula is C64H50N2. The Labute approximate surface area is 389 Å². The molecule has 0 aliphatic carbocycles. The highest BCUT2D eigenvalue weighted by atomic mass is 15.1. The van der Waals surface area contributed by atoms with E-state index >= 15 is 0 Å². The van der Waals surface area contributed by atoms with Crippen LogP contribution >= 0.6 is 0 Å². The topological polar surface area (TPSA) is 6.48 Å². The second kappa shape index (κ2) is 19.1. The summed E-state index contributed by atoms with van der Waals surface area (Å²) in [4.78, 5) is 4.66. The molecule has 0 saturated carbocycles. The van der Waals surface area contributed by atoms with Crippen molar-refractivity contribution in [2.45, 2.75) is 13.8 Å². The van der Waals surface area contributed by atoms with Gasteiger partial charge in [0.05, 0.1) is 0 Å². The molecule has 0 unspecified atom stereocenters. The minimum absolute atomic E-state index is 1.12. The monoisotopic (exact) mass is 846 g/mol. The van der Waals surface area contributed by atoms with Gasteiger partial charge in [-0.2, -0.15) is 0 Å². The van der Waals surface area contributed by atoms with Gasteiger partial charge in [0.25, 0.3) is 0 Å². The number of hydrogen-bond donors (Lipinski definition) is 0. The highest BCUT2D eigenvalue weighted by Gasteiger charge is 2.15. The van der Waals surface area contributed by atoms with E-state index in [1.807, 2.05) is 0 Å². The molecule has 2 nitrogen and oxygen atoms in total. The Hall–Kier alpha value is -8.46. The van der Waals surface area contributed by atoms with Crippen LogP contribution in [0.15, 0.2) is 255 Å². The molecule has 10 aromatic carbocycles. The standard InChI is InChI=1S/C64H50N2/c1-47-11-9-17-63(45-47)65(59-37-29-55(30-38-59)51-13-5-3-6-14-51)61-41-33-57(34-42-61)53-25-21-49(22-26-53)19-20-50-23-27-54(28-24-50)58-35-43-62(44-36-58)66(64-18-10-12-48(2)46-64)60-39-31-56(32-40-60)52-15-7-4-8-16-52/h3-46H,1-2H3. The number of rotatable bonds is 12. The van der Waals surface area contributed by atoms with Crippen LogP contribution in [-0.4, -0.2) is 0 Å². The Kier molecular flexibility index (Phi) is 12.0. The predicted molar refractivity (Wildman–Crippen MR) is 282 cm³/mol. The van der Waals surface area contributed by atoms with E-state index in [1.54, 1.807) is 0 Å². The van der Waals surface area contributed by atoms with Gasteiger partial charge in [-0.3, -0.25) is 0 Å². The first-order chi connectivity index (χ1) is 32.5. The molecule has 0 radical (unpaired) electrons. The summed E-state index contributed by atoms with van der Waals surface area (Å²) in [5.74, 6) is 0. The summed E-state index contributed by atoms with van der Waals surface area (Å²) in [6.45, 7) is 4.29. The third kappa shape index (κ3) is 9.40. The van der Waals surface area contributed by atoms with Crippen LogP contribution in [0.3, 0.4) is 0 Å². The molecule has 0 aliphatic heterocycles. The molecule has 10 aromatic rings. The lowest BCUT2D eigenvalue weighted by atomic mass is 10.0. The zero-order chi connectivity index (χ0) is 44.7. The molecule has 0 aromatic heterocycles. The Bertz CT molecular complexity index is 2970. The smallest absolute Gasteiger partial charge is 0.0464 e. The summed E-state index contributed by atoms with van der Waals surface area (Å²) in [5, 5.41) is 0. The highest BCUT2D eigenvalue weighted by Crippen LogP contribution is 2.39. The highest BCUT2D eigenvalue weighted by molar-refractivity contribution is 5.82. The van der Waals surface area contributed by atoms with E-state index in [2.05, 4.69) is 291 Å². The number of aryl methyl sites for hydroxylation is 2. The van der Waals surface area contributed by atoms with Gasteiger partial charge in [-0.1, -0.05) is 194 Å². The van der Waals surface area contributed by atoms with Crippen molar-refractivity contribution in [3.05, 3.63) is 277 Å². The molecule has 0 amide bonds. The normalized spacial score (nSPS) is 11.1. The Morgan fingerprint density at radius 1 is 0.227 bits per heavy atom. The maximum absolute atomic E-state index is 2.33. The quantitative estimate of drug-likeness (QED) is 0.113. The Morgan fingerprint density at radius 3 is 0.758 bits per heavy atom. The average molecular weight is 847 g/mol. The summed E-state index contributed by atoms with van der Waals surface area (Å²) >= 11 is 0. The van der Waals surface area contributed by atoms with Crippen molar-refractivity contribution >= 4 is 46.3 Å². The lowest BCUT2D eigenvalue weighted by Gasteiger charge is -2.26. The molecule has 10 rings (SSSR count). The number of nitrogens with zero attached hydrogens (tertiary/aromatic N) is 2. The first kappa shape index (κ1) is 41.5. The summed E-state index contributed by atoms with van der Waals surface area (Å²) < 4.78 is 0. The molecule has 2 heteroatoms. The van der Waals surface area contributed by atoms with Gasteiger partial charge in [0.15, 0.2) is 0 Å². The van der Waals surface area contributed by atoms with Gasteiger partial charge in [0, 0.05) is 34.1 Å². The molecule has 0 heterocycles. The third-order valence-electron chi connectivity index (χ3n) is 12.2. The van der Waals surface area contributed by atoms with Crippen LogP contribution in [0.25, 0.3) is 56.7 Å². The van der Waals surface area contributed by atoms with E-state index < -0.39 is 0 Å². The van der Waals surface area contributed by atoms with Crippen molar-refractivity contribution in [1.82, 2.24) is 0 Å². The van der Waals surface area contributed by atoms with E-state index in [9.17, 15) is 0 Å². The molecular weight excluding hydrogens is 797 g/mol. The van der Waals surface area contributed by atoms with Crippen LogP contribution in [0.4, 0.5) is 34.1 Å². The molecule has 0 aliphatic rings. The van der Waals surface area contributed by atoms with E-state index in [4.69, 9.17) is 0 Å². The van der Waals surface area contributed by atoms with Crippen molar-refractivity contribution in [3.8, 4) is 44.5 Å². The van der Waals surface area contributed by atoms with Gasteiger partial charge >= 0.3 is 0 Å². The van der Waals surface area contributed by atoms with Crippen molar-refractivity contribution in [3.63, 3.8) is 0 Å². The Morgan fingerprint density at radius 2 is 0.485 bits per heavy atom. The minimum atomic E-state index is 1.12. The van der Waals surface area contributed by atoms with E-state index in [0.717, 1.165) is 45.3 Å². The molecule has 0 fully saturated rings. The van der Waals surface area contributed by atoms with Gasteiger partial charge in [0.2, 0.25) is 0 Å². The molecule has 0 spiro atoms. The van der Waals surface area contributed by atoms with Crippen LogP contribution in [-0.2, 0) is 0 Å². The Balaban J connectivity index is 0.816. The summed E-state index contributed by atoms with van der Waals surface area (Å²) in [6.07, 6.45) is 4.37. The summed E-state index contributed by atoms with van der Waals surface area (Å²) in [5.41, 5.74) is 21.1. The van der Waals surface area contributed by atoms with Crippen LogP contribution in [0.2, 0.25) is 0 Å². The van der Waals surface area contributed by atoms with Gasteiger partial charge in [-0.15, -0.1) is 0 Å². The lowest BCUT2D eigenvalue weighted by Crippen LogP contribution is -2.10. The van der Waals surface area contributed by atoms with Crippen molar-refractivity contribution in [2.24, 2.45) is 0 Å². The number of anilines is 6. The van der Waals surface area contributed by atoms with Gasteiger partial charge in [-0.25, -0.2) is 0 Å². The minimum Gasteiger partial charge on any atom is -0.310 e. The second-order valence-electron chi connectivity index (χ2n) is 16.8. The van der Waals surface area contributed by atoms with E-state index in [-0.39, 0.29) is 0 Å². The maximum Gasteiger partial charge on any atom is 0.0464 e. The van der Waals surface area contributed by atoms with Crippen molar-refractivity contribution in [2.75, 3.05) is 9.80 Å². The molecule has 0 atom stereocenters. The summed E-state index contributed by atoms with van der Waals surface area (Å²) in [7, 11) is 0. The molecule has 0 N–H and O–H groups in total. The van der Waals surface area contributed by atoms with E-state index in [0.29, 0.717) is 0 Å². The largest absolute Gasteiger partial charge is 0.310 e. The van der Waals surface area contributed by atoms with Crippen molar-refractivity contribution in [1.29, 1.82) is 0 Å². The zero-order valence-corrected chi connectivity index (χ0v) is 37.3. The van der Waals surface area contributed by atoms with Crippen LogP contribution in [0, 0.1) is 13.8 Å². The SMILES string of the molecule is Cc1cccc(N(c2ccc(-c3ccccc3)cc2)c2ccc(-c3ccc(C=Cc4ccc(-c5ccc(N(c6ccc(-c7ccccc7)cc6)c6cccc(C)c6)cc5)cc4)cc3)cc2)c1. The molecule has 0 saturated heterocycles. The van der Waals surface area contributed by atoms with Gasteiger partial charge < -0.3 is 9.80 Å². The number of benzene rings is 10. The lowest BCUT2D eigenvalue weighted by molar-refractivity contribution is 1.27. The molecule has 0 bridgehead atoms. The summed E-state index contributed by atoms with van der Waals surface area (Å²) in [6, 6.07) is 91.6. The first-order valence-corrected chi connectivity index (χ1v) is 22.6. The van der Waals surface area contributed by atoms with Gasteiger partial charge in [-0.05, 0) is 153 Å². The van der Waals surface area contributed by atoms with Crippen LogP contribution in [0.5, 0.6) is 0 Å². The van der Waals surface area contributed by atoms with E-state index in [1.165, 1.54) is 55.6 Å². The van der Waals surface area contributed by atoms with Crippen LogP contribution < -0.4 is 9.80 Å². The second-order valence-corrected chi connectivity index (χ2v) is 16.8. The van der Waals surface area contributed by atoms with Gasteiger partial charge in [0.1, 0.15) is 0 Å².